The summed E-state index contributed by atoms with van der Waals surface area (Å²) in [4.78, 5) is 0. The van der Waals surface area contributed by atoms with Crippen molar-refractivity contribution in [1.82, 2.24) is 25.4 Å². The van der Waals surface area contributed by atoms with Gasteiger partial charge in [-0.25, -0.2) is 17.9 Å². The minimum Gasteiger partial charge on any atom is -0.489 e. The molecular weight excluding hydrogens is 525 g/mol. The van der Waals surface area contributed by atoms with Gasteiger partial charge in [0.15, 0.2) is 0 Å². The number of nitrogens with zero attached hydrogens (tertiary/aromatic N) is 6. The van der Waals surface area contributed by atoms with Crippen molar-refractivity contribution in [1.29, 1.82) is 5.26 Å². The Morgan fingerprint density at radius 2 is 1.85 bits per heavy atom. The first-order valence-corrected chi connectivity index (χ1v) is 12.0. The number of tetrazole rings is 1. The fourth-order valence-electron chi connectivity index (χ4n) is 4.28. The fourth-order valence-corrected chi connectivity index (χ4v) is 4.28. The van der Waals surface area contributed by atoms with E-state index < -0.39 is 29.0 Å². The highest BCUT2D eigenvalue weighted by molar-refractivity contribution is 5.60. The fraction of sp³-hybridized carbons (Fsp3) is 0.179. The molecule has 3 aromatic carbocycles. The Morgan fingerprint density at radius 3 is 2.52 bits per heavy atom. The van der Waals surface area contributed by atoms with E-state index in [1.165, 1.54) is 29.2 Å². The second-order valence-corrected chi connectivity index (χ2v) is 9.12. The molecule has 0 amide bonds. The van der Waals surface area contributed by atoms with E-state index in [1.54, 1.807) is 37.3 Å². The molecule has 0 fully saturated rings. The molecule has 0 unspecified atom stereocenters. The molecule has 40 heavy (non-hydrogen) atoms. The summed E-state index contributed by atoms with van der Waals surface area (Å²) in [6, 6.07) is 17.4. The second kappa shape index (κ2) is 11.0. The third-order valence-electron chi connectivity index (χ3n) is 6.59. The Bertz CT molecular complexity index is 1670. The summed E-state index contributed by atoms with van der Waals surface area (Å²) in [6.45, 7) is 1.35. The predicted molar refractivity (Wildman–Crippen MR) is 134 cm³/mol. The molecule has 9 nitrogen and oxygen atoms in total. The van der Waals surface area contributed by atoms with Crippen LogP contribution in [0.3, 0.4) is 0 Å². The van der Waals surface area contributed by atoms with Crippen molar-refractivity contribution in [3.63, 3.8) is 0 Å². The van der Waals surface area contributed by atoms with Crippen LogP contribution in [0.5, 0.6) is 5.75 Å². The van der Waals surface area contributed by atoms with E-state index in [0.717, 1.165) is 12.1 Å². The van der Waals surface area contributed by atoms with Crippen molar-refractivity contribution < 1.29 is 27.5 Å². The third-order valence-corrected chi connectivity index (χ3v) is 6.59. The molecule has 0 saturated carbocycles. The Labute approximate surface area is 226 Å². The number of ether oxygens (including phenoxy) is 1. The van der Waals surface area contributed by atoms with Crippen molar-refractivity contribution >= 4 is 0 Å². The molecule has 2 heterocycles. The summed E-state index contributed by atoms with van der Waals surface area (Å²) in [7, 11) is 0. The smallest absolute Gasteiger partial charge is 0.143 e. The first-order chi connectivity index (χ1) is 19.3. The molecule has 2 atom stereocenters. The molecule has 0 bridgehead atoms. The SMILES string of the molecule is C[C@@H](c1cc(-c2ccc(OCc3ccc(C#N)cc3F)cc2)no1)[C@](O)(Cn1cnnn1)c1ccc(F)cc1F. The average Bonchev–Trinajstić information content (AvgIpc) is 3.65. The van der Waals surface area contributed by atoms with Gasteiger partial charge in [0.25, 0.3) is 0 Å². The van der Waals surface area contributed by atoms with E-state index in [0.29, 0.717) is 28.6 Å². The van der Waals surface area contributed by atoms with Gasteiger partial charge < -0.3 is 14.4 Å². The van der Waals surface area contributed by atoms with Gasteiger partial charge in [0.1, 0.15) is 53.2 Å². The van der Waals surface area contributed by atoms with Gasteiger partial charge in [-0.15, -0.1) is 5.10 Å². The van der Waals surface area contributed by atoms with Crippen LogP contribution in [-0.2, 0) is 18.8 Å². The molecule has 12 heteroatoms. The van der Waals surface area contributed by atoms with Crippen LogP contribution in [0.25, 0.3) is 11.3 Å². The number of halogens is 3. The lowest BCUT2D eigenvalue weighted by molar-refractivity contribution is -0.0185. The van der Waals surface area contributed by atoms with E-state index in [9.17, 15) is 18.3 Å². The Kier molecular flexibility index (Phi) is 7.31. The maximum absolute atomic E-state index is 14.8. The van der Waals surface area contributed by atoms with Crippen LogP contribution < -0.4 is 4.74 Å². The van der Waals surface area contributed by atoms with E-state index in [2.05, 4.69) is 20.7 Å². The van der Waals surface area contributed by atoms with E-state index in [-0.39, 0.29) is 30.0 Å². The topological polar surface area (TPSA) is 123 Å². The molecule has 1 N–H and O–H groups in total. The Balaban J connectivity index is 1.35. The van der Waals surface area contributed by atoms with Crippen LogP contribution in [0.1, 0.15) is 35.3 Å². The number of benzene rings is 3. The van der Waals surface area contributed by atoms with Crippen molar-refractivity contribution in [3.05, 3.63) is 113 Å². The van der Waals surface area contributed by atoms with Gasteiger partial charge in [-0.2, -0.15) is 5.26 Å². The predicted octanol–water partition coefficient (Wildman–Crippen LogP) is 4.89. The summed E-state index contributed by atoms with van der Waals surface area (Å²) < 4.78 is 55.0. The molecule has 0 spiro atoms. The number of nitriles is 1. The largest absolute Gasteiger partial charge is 0.489 e. The van der Waals surface area contributed by atoms with Crippen LogP contribution in [0.2, 0.25) is 0 Å². The van der Waals surface area contributed by atoms with Crippen molar-refractivity contribution in [3.8, 4) is 23.1 Å². The molecule has 0 aliphatic heterocycles. The van der Waals surface area contributed by atoms with Crippen LogP contribution in [0, 0.1) is 28.8 Å². The van der Waals surface area contributed by atoms with Gasteiger partial charge in [-0.3, -0.25) is 0 Å². The molecule has 0 aliphatic carbocycles. The Hall–Kier alpha value is -5.02. The van der Waals surface area contributed by atoms with Crippen LogP contribution in [0.15, 0.2) is 77.6 Å². The maximum atomic E-state index is 14.8. The summed E-state index contributed by atoms with van der Waals surface area (Å²) in [5, 5.41) is 35.6. The summed E-state index contributed by atoms with van der Waals surface area (Å²) in [6.07, 6.45) is 1.27. The van der Waals surface area contributed by atoms with E-state index in [4.69, 9.17) is 14.5 Å². The molecule has 0 aliphatic rings. The van der Waals surface area contributed by atoms with Crippen molar-refractivity contribution in [2.24, 2.45) is 0 Å². The number of hydrogen-bond acceptors (Lipinski definition) is 8. The van der Waals surface area contributed by atoms with E-state index >= 15 is 0 Å². The highest BCUT2D eigenvalue weighted by atomic mass is 19.1. The lowest BCUT2D eigenvalue weighted by Gasteiger charge is -2.33. The number of rotatable bonds is 9. The zero-order valence-corrected chi connectivity index (χ0v) is 21.0. The van der Waals surface area contributed by atoms with Gasteiger partial charge >= 0.3 is 0 Å². The van der Waals surface area contributed by atoms with Crippen molar-refractivity contribution in [2.75, 3.05) is 0 Å². The monoisotopic (exact) mass is 546 g/mol. The molecule has 202 valence electrons. The third kappa shape index (κ3) is 5.41. The summed E-state index contributed by atoms with van der Waals surface area (Å²) in [5.41, 5.74) is -0.446. The average molecular weight is 547 g/mol. The molecular formula is C28H21F3N6O3. The molecule has 0 saturated heterocycles. The zero-order valence-electron chi connectivity index (χ0n) is 21.0. The Morgan fingerprint density at radius 1 is 1.05 bits per heavy atom. The van der Waals surface area contributed by atoms with E-state index in [1.807, 2.05) is 6.07 Å². The highest BCUT2D eigenvalue weighted by Crippen LogP contribution is 2.40. The quantitative estimate of drug-likeness (QED) is 0.277. The summed E-state index contributed by atoms with van der Waals surface area (Å²) in [5.74, 6) is -2.38. The molecule has 0 radical (unpaired) electrons. The first-order valence-electron chi connectivity index (χ1n) is 12.0. The molecule has 2 aromatic heterocycles. The minimum absolute atomic E-state index is 0.0255. The number of aromatic nitrogens is 5. The molecule has 5 aromatic rings. The minimum atomic E-state index is -1.93. The normalized spacial score (nSPS) is 13.4. The van der Waals surface area contributed by atoms with Gasteiger partial charge in [0, 0.05) is 28.8 Å². The van der Waals surface area contributed by atoms with Crippen molar-refractivity contribution in [2.45, 2.75) is 31.6 Å². The first kappa shape index (κ1) is 26.6. The highest BCUT2D eigenvalue weighted by Gasteiger charge is 2.42. The van der Waals surface area contributed by atoms with Crippen LogP contribution in [-0.4, -0.2) is 30.5 Å². The number of hydrogen-bond donors (Lipinski definition) is 1. The maximum Gasteiger partial charge on any atom is 0.143 e. The van der Waals surface area contributed by atoms with Crippen LogP contribution in [0.4, 0.5) is 13.2 Å². The number of aliphatic hydroxyl groups is 1. The van der Waals surface area contributed by atoms with Gasteiger partial charge in [0.2, 0.25) is 0 Å². The van der Waals surface area contributed by atoms with Gasteiger partial charge in [0.05, 0.1) is 24.1 Å². The molecule has 5 rings (SSSR count). The lowest BCUT2D eigenvalue weighted by Crippen LogP contribution is -2.38. The standard InChI is InChI=1S/C28H21F3N6O3/c1-17(28(38,15-37-16-33-35-36-37)23-9-6-21(29)11-25(23)31)27-12-26(34-40-27)19-4-7-22(8-5-19)39-14-20-3-2-18(13-32)10-24(20)30/h2-12,16-17,38H,14-15H2,1H3/t17-,28+/m0/s1. The lowest BCUT2D eigenvalue weighted by atomic mass is 9.80. The second-order valence-electron chi connectivity index (χ2n) is 9.12. The van der Waals surface area contributed by atoms with Gasteiger partial charge in [-0.05, 0) is 52.9 Å². The zero-order chi connectivity index (χ0) is 28.3. The summed E-state index contributed by atoms with van der Waals surface area (Å²) >= 11 is 0. The van der Waals surface area contributed by atoms with Crippen LogP contribution >= 0.6 is 0 Å². The van der Waals surface area contributed by atoms with Gasteiger partial charge in [-0.1, -0.05) is 24.2 Å².